The molecule has 0 unspecified atom stereocenters. The Kier molecular flexibility index (Phi) is 4.02. The van der Waals surface area contributed by atoms with E-state index in [4.69, 9.17) is 0 Å². The quantitative estimate of drug-likeness (QED) is 0.772. The number of carbonyl (C=O) groups is 1. The maximum absolute atomic E-state index is 12.9. The zero-order valence-corrected chi connectivity index (χ0v) is 16.0. The smallest absolute Gasteiger partial charge is 0.268 e. The Morgan fingerprint density at radius 2 is 1.64 bits per heavy atom. The van der Waals surface area contributed by atoms with Crippen molar-refractivity contribution in [2.45, 2.75) is 78.4 Å². The summed E-state index contributed by atoms with van der Waals surface area (Å²) in [6.45, 7) is 7.82. The molecule has 4 bridgehead atoms. The number of rotatable bonds is 4. The van der Waals surface area contributed by atoms with Crippen LogP contribution in [0, 0.1) is 37.0 Å². The van der Waals surface area contributed by atoms with Crippen molar-refractivity contribution in [2.75, 3.05) is 0 Å². The molecule has 0 aromatic carbocycles. The molecule has 138 valence electrons. The average molecular weight is 344 g/mol. The summed E-state index contributed by atoms with van der Waals surface area (Å²) >= 11 is 0. The second-order valence-electron chi connectivity index (χ2n) is 9.31. The Balaban J connectivity index is 1.53. The normalized spacial score (nSPS) is 35.6. The van der Waals surface area contributed by atoms with Gasteiger partial charge in [0.2, 0.25) is 0 Å². The van der Waals surface area contributed by atoms with Gasteiger partial charge in [0, 0.05) is 17.3 Å². The van der Waals surface area contributed by atoms with Gasteiger partial charge in [-0.1, -0.05) is 0 Å². The molecule has 25 heavy (non-hydrogen) atoms. The van der Waals surface area contributed by atoms with Gasteiger partial charge >= 0.3 is 0 Å². The lowest BCUT2D eigenvalue weighted by atomic mass is 9.48. The van der Waals surface area contributed by atoms with Crippen molar-refractivity contribution < 1.29 is 9.90 Å². The second kappa shape index (κ2) is 5.87. The fourth-order valence-corrected chi connectivity index (χ4v) is 6.75. The number of amides is 1. The lowest BCUT2D eigenvalue weighted by molar-refractivity contribution is -0.0688. The summed E-state index contributed by atoms with van der Waals surface area (Å²) in [5, 5.41) is 13.3. The number of nitrogens with one attached hydrogen (secondary N) is 2. The molecular formula is C21H32N2O2. The first-order chi connectivity index (χ1) is 11.8. The van der Waals surface area contributed by atoms with E-state index in [9.17, 15) is 9.90 Å². The number of aryl methyl sites for hydroxylation is 1. The Morgan fingerprint density at radius 1 is 1.12 bits per heavy atom. The Morgan fingerprint density at radius 3 is 2.08 bits per heavy atom. The molecule has 1 aromatic rings. The molecule has 0 radical (unpaired) electrons. The molecule has 4 aliphatic carbocycles. The van der Waals surface area contributed by atoms with Crippen LogP contribution in [0.15, 0.2) is 0 Å². The van der Waals surface area contributed by atoms with Gasteiger partial charge in [0.05, 0.1) is 6.10 Å². The Hall–Kier alpha value is -1.29. The van der Waals surface area contributed by atoms with Gasteiger partial charge in [0.1, 0.15) is 5.69 Å². The Bertz CT molecular complexity index is 653. The lowest BCUT2D eigenvalue weighted by Crippen LogP contribution is -2.55. The molecule has 4 heteroatoms. The van der Waals surface area contributed by atoms with Crippen molar-refractivity contribution in [1.29, 1.82) is 0 Å². The van der Waals surface area contributed by atoms with Crippen molar-refractivity contribution in [3.63, 3.8) is 0 Å². The van der Waals surface area contributed by atoms with Gasteiger partial charge in [-0.15, -0.1) is 0 Å². The van der Waals surface area contributed by atoms with Gasteiger partial charge in [0.25, 0.3) is 5.91 Å². The van der Waals surface area contributed by atoms with Crippen molar-refractivity contribution in [3.8, 4) is 0 Å². The van der Waals surface area contributed by atoms with Gasteiger partial charge in [-0.05, 0) is 95.0 Å². The minimum absolute atomic E-state index is 0.0178. The number of hydrogen-bond donors (Lipinski definition) is 3. The molecule has 2 atom stereocenters. The summed E-state index contributed by atoms with van der Waals surface area (Å²) < 4.78 is 0. The maximum atomic E-state index is 12.9. The monoisotopic (exact) mass is 344 g/mol. The zero-order chi connectivity index (χ0) is 17.9. The largest absolute Gasteiger partial charge is 0.389 e. The predicted octanol–water partition coefficient (Wildman–Crippen LogP) is 4.02. The van der Waals surface area contributed by atoms with Crippen LogP contribution in [-0.4, -0.2) is 22.0 Å². The summed E-state index contributed by atoms with van der Waals surface area (Å²) in [6.07, 6.45) is 7.59. The zero-order valence-electron chi connectivity index (χ0n) is 16.0. The molecule has 1 amide bonds. The van der Waals surface area contributed by atoms with Crippen LogP contribution in [0.1, 0.15) is 85.8 Å². The number of aromatic nitrogens is 1. The molecule has 4 fully saturated rings. The van der Waals surface area contributed by atoms with E-state index >= 15 is 0 Å². The first-order valence-electron chi connectivity index (χ1n) is 9.97. The third-order valence-corrected chi connectivity index (χ3v) is 7.49. The fourth-order valence-electron chi connectivity index (χ4n) is 6.75. The van der Waals surface area contributed by atoms with Crippen molar-refractivity contribution in [3.05, 3.63) is 22.5 Å². The van der Waals surface area contributed by atoms with E-state index in [-0.39, 0.29) is 11.9 Å². The van der Waals surface area contributed by atoms with Crippen LogP contribution in [0.25, 0.3) is 0 Å². The van der Waals surface area contributed by atoms with Crippen LogP contribution in [0.2, 0.25) is 0 Å². The minimum atomic E-state index is -0.557. The number of aliphatic hydroxyl groups is 1. The number of aliphatic hydroxyl groups excluding tert-OH is 1. The van der Waals surface area contributed by atoms with Crippen LogP contribution in [-0.2, 0) is 0 Å². The second-order valence-corrected chi connectivity index (χ2v) is 9.31. The van der Waals surface area contributed by atoms with Gasteiger partial charge in [-0.2, -0.15) is 0 Å². The Labute approximate surface area is 150 Å². The third-order valence-electron chi connectivity index (χ3n) is 7.49. The molecule has 0 saturated heterocycles. The molecule has 1 heterocycles. The van der Waals surface area contributed by atoms with E-state index in [0.717, 1.165) is 34.6 Å². The summed E-state index contributed by atoms with van der Waals surface area (Å²) in [4.78, 5) is 16.1. The summed E-state index contributed by atoms with van der Waals surface area (Å²) in [6, 6.07) is 0.214. The summed E-state index contributed by atoms with van der Waals surface area (Å²) in [5.74, 6) is 2.65. The van der Waals surface area contributed by atoms with E-state index in [1.807, 2.05) is 13.8 Å². The molecule has 1 aromatic heterocycles. The highest BCUT2D eigenvalue weighted by molar-refractivity contribution is 5.94. The molecule has 0 aliphatic heterocycles. The third kappa shape index (κ3) is 2.73. The standard InChI is InChI=1S/C21H32N2O2/c1-11-18(13(3)24)12(2)22-19(11)20(25)23-14(4)21-8-15-5-16(9-21)7-17(6-15)10-21/h13-17,22,24H,5-10H2,1-4H3,(H,23,25)/t13-,14+,15?,16?,17?,21?/m1/s1. The van der Waals surface area contributed by atoms with Gasteiger partial charge in [-0.3, -0.25) is 4.79 Å². The first-order valence-corrected chi connectivity index (χ1v) is 9.97. The average Bonchev–Trinajstić information content (AvgIpc) is 2.80. The van der Waals surface area contributed by atoms with Crippen LogP contribution >= 0.6 is 0 Å². The molecule has 4 nitrogen and oxygen atoms in total. The minimum Gasteiger partial charge on any atom is -0.389 e. The molecule has 4 saturated carbocycles. The number of H-pyrrole nitrogens is 1. The van der Waals surface area contributed by atoms with Gasteiger partial charge < -0.3 is 15.4 Å². The summed E-state index contributed by atoms with van der Waals surface area (Å²) in [7, 11) is 0. The van der Waals surface area contributed by atoms with E-state index in [1.54, 1.807) is 6.92 Å². The molecule has 4 aliphatic rings. The van der Waals surface area contributed by atoms with Crippen LogP contribution in [0.5, 0.6) is 0 Å². The fraction of sp³-hybridized carbons (Fsp3) is 0.762. The lowest BCUT2D eigenvalue weighted by Gasteiger charge is -2.59. The van der Waals surface area contributed by atoms with Gasteiger partial charge in [0.15, 0.2) is 0 Å². The molecular weight excluding hydrogens is 312 g/mol. The van der Waals surface area contributed by atoms with E-state index in [2.05, 4.69) is 17.2 Å². The van der Waals surface area contributed by atoms with Gasteiger partial charge in [-0.25, -0.2) is 0 Å². The molecule has 0 spiro atoms. The van der Waals surface area contributed by atoms with Crippen LogP contribution in [0.4, 0.5) is 0 Å². The SMILES string of the molecule is Cc1[nH]c(C(=O)N[C@@H](C)C23CC4CC(CC(C4)C2)C3)c(C)c1[C@@H](C)O. The molecule has 5 rings (SSSR count). The maximum Gasteiger partial charge on any atom is 0.268 e. The van der Waals surface area contributed by atoms with Crippen LogP contribution < -0.4 is 5.32 Å². The van der Waals surface area contributed by atoms with Crippen LogP contribution in [0.3, 0.4) is 0 Å². The highest BCUT2D eigenvalue weighted by Crippen LogP contribution is 2.61. The van der Waals surface area contributed by atoms with Crippen molar-refractivity contribution >= 4 is 5.91 Å². The first kappa shape index (κ1) is 17.1. The highest BCUT2D eigenvalue weighted by atomic mass is 16.3. The van der Waals surface area contributed by atoms with E-state index in [1.165, 1.54) is 38.5 Å². The predicted molar refractivity (Wildman–Crippen MR) is 98.4 cm³/mol. The number of aromatic amines is 1. The highest BCUT2D eigenvalue weighted by Gasteiger charge is 2.53. The number of carbonyl (C=O) groups excluding carboxylic acids is 1. The molecule has 3 N–H and O–H groups in total. The topological polar surface area (TPSA) is 65.1 Å². The van der Waals surface area contributed by atoms with E-state index in [0.29, 0.717) is 11.1 Å². The summed E-state index contributed by atoms with van der Waals surface area (Å²) in [5.41, 5.74) is 3.55. The van der Waals surface area contributed by atoms with Crippen molar-refractivity contribution in [2.24, 2.45) is 23.2 Å². The van der Waals surface area contributed by atoms with Crippen molar-refractivity contribution in [1.82, 2.24) is 10.3 Å². The number of hydrogen-bond acceptors (Lipinski definition) is 2. The van der Waals surface area contributed by atoms with E-state index < -0.39 is 6.10 Å².